The number of methoxy groups -OCH3 is 2. The van der Waals surface area contributed by atoms with Gasteiger partial charge in [-0.1, -0.05) is 13.8 Å². The van der Waals surface area contributed by atoms with Crippen molar-refractivity contribution in [3.8, 4) is 5.75 Å². The first-order valence-corrected chi connectivity index (χ1v) is 17.4. The van der Waals surface area contributed by atoms with Crippen molar-refractivity contribution in [2.45, 2.75) is 116 Å². The molecule has 0 radical (unpaired) electrons. The topological polar surface area (TPSA) is 127 Å². The lowest BCUT2D eigenvalue weighted by atomic mass is 9.87. The van der Waals surface area contributed by atoms with Gasteiger partial charge in [-0.2, -0.15) is 0 Å². The van der Waals surface area contributed by atoms with Crippen molar-refractivity contribution in [1.29, 1.82) is 0 Å². The average molecular weight is 673 g/mol. The second kappa shape index (κ2) is 15.4. The number of carbonyl (C=O) groups excluding carboxylic acids is 4. The van der Waals surface area contributed by atoms with Crippen molar-refractivity contribution in [2.24, 2.45) is 11.8 Å². The molecule has 1 aliphatic carbocycles. The van der Waals surface area contributed by atoms with Crippen LogP contribution in [-0.4, -0.2) is 98.6 Å². The van der Waals surface area contributed by atoms with Crippen LogP contribution in [0.3, 0.4) is 0 Å². The monoisotopic (exact) mass is 672 g/mol. The summed E-state index contributed by atoms with van der Waals surface area (Å²) in [4.78, 5) is 60.2. The van der Waals surface area contributed by atoms with Crippen molar-refractivity contribution >= 4 is 35.2 Å². The molecule has 1 aromatic carbocycles. The predicted molar refractivity (Wildman–Crippen MR) is 183 cm³/mol. The zero-order chi connectivity index (χ0) is 35.4. The van der Waals surface area contributed by atoms with Gasteiger partial charge in [-0.05, 0) is 91.3 Å². The minimum atomic E-state index is -1.03. The molecule has 0 bridgehead atoms. The fraction of sp³-hybridized carbons (Fsp3) is 0.722. The number of anilines is 2. The lowest BCUT2D eigenvalue weighted by Crippen LogP contribution is -2.55. The lowest BCUT2D eigenvalue weighted by molar-refractivity contribution is -0.133. The Morgan fingerprint density at radius 3 is 2.35 bits per heavy atom. The fourth-order valence-corrected chi connectivity index (χ4v) is 6.66. The van der Waals surface area contributed by atoms with Gasteiger partial charge in [0.1, 0.15) is 11.4 Å². The molecular formula is C36H56N4O8. The van der Waals surface area contributed by atoms with Crippen molar-refractivity contribution in [2.75, 3.05) is 50.3 Å². The van der Waals surface area contributed by atoms with Crippen molar-refractivity contribution in [3.05, 3.63) is 18.2 Å². The maximum absolute atomic E-state index is 14.6. The van der Waals surface area contributed by atoms with Crippen LogP contribution in [0.4, 0.5) is 16.2 Å². The molecule has 48 heavy (non-hydrogen) atoms. The Labute approximate surface area is 285 Å². The third-order valence-corrected chi connectivity index (χ3v) is 9.26. The van der Waals surface area contributed by atoms with E-state index in [2.05, 4.69) is 5.32 Å². The zero-order valence-electron chi connectivity index (χ0n) is 30.3. The summed E-state index contributed by atoms with van der Waals surface area (Å²) in [5.74, 6) is -1.21. The SMILES string of the molecule is CC[C@H](NC(=O)[C@H]1C[C@@H](C(=O)N(c2ccc3c(c2)N(CCCOC)C(=O)C(C)(C)O3)C2CC2)CN(C(=O)OC(C)(C)C)C1)[C@H](CC)OC. The third kappa shape index (κ3) is 8.80. The summed E-state index contributed by atoms with van der Waals surface area (Å²) in [5, 5.41) is 3.14. The van der Waals surface area contributed by atoms with Crippen LogP contribution < -0.4 is 19.9 Å². The first-order chi connectivity index (χ1) is 22.6. The molecule has 1 saturated carbocycles. The number of ether oxygens (including phenoxy) is 4. The van der Waals surface area contributed by atoms with Crippen LogP contribution in [0.25, 0.3) is 0 Å². The number of piperidine rings is 1. The van der Waals surface area contributed by atoms with Crippen LogP contribution in [-0.2, 0) is 28.6 Å². The molecule has 0 spiro atoms. The van der Waals surface area contributed by atoms with Gasteiger partial charge < -0.3 is 39.0 Å². The van der Waals surface area contributed by atoms with E-state index < -0.39 is 29.1 Å². The molecule has 0 aromatic heterocycles. The van der Waals surface area contributed by atoms with Gasteiger partial charge in [0.25, 0.3) is 5.91 Å². The quantitative estimate of drug-likeness (QED) is 0.293. The van der Waals surface area contributed by atoms with Crippen LogP contribution >= 0.6 is 0 Å². The van der Waals surface area contributed by atoms with Gasteiger partial charge in [0.2, 0.25) is 11.8 Å². The largest absolute Gasteiger partial charge is 0.476 e. The van der Waals surface area contributed by atoms with Crippen molar-refractivity contribution < 1.29 is 38.1 Å². The molecule has 2 heterocycles. The van der Waals surface area contributed by atoms with E-state index in [9.17, 15) is 19.2 Å². The summed E-state index contributed by atoms with van der Waals surface area (Å²) in [7, 11) is 3.26. The van der Waals surface area contributed by atoms with Crippen LogP contribution in [0.15, 0.2) is 18.2 Å². The second-order valence-corrected chi connectivity index (χ2v) is 14.7. The molecule has 268 valence electrons. The molecule has 4 atom stereocenters. The van der Waals surface area contributed by atoms with E-state index in [0.717, 1.165) is 19.3 Å². The maximum atomic E-state index is 14.6. The highest BCUT2D eigenvalue weighted by atomic mass is 16.6. The van der Waals surface area contributed by atoms with Gasteiger partial charge in [-0.3, -0.25) is 14.4 Å². The minimum absolute atomic E-state index is 0.0187. The Bertz CT molecular complexity index is 1320. The van der Waals surface area contributed by atoms with Gasteiger partial charge in [-0.15, -0.1) is 0 Å². The van der Waals surface area contributed by atoms with Gasteiger partial charge >= 0.3 is 6.09 Å². The smallest absolute Gasteiger partial charge is 0.410 e. The Balaban J connectivity index is 1.65. The average Bonchev–Trinajstić information content (AvgIpc) is 3.87. The summed E-state index contributed by atoms with van der Waals surface area (Å²) in [6.07, 6.45) is 3.32. The summed E-state index contributed by atoms with van der Waals surface area (Å²) >= 11 is 0. The summed E-state index contributed by atoms with van der Waals surface area (Å²) in [6, 6.07) is 5.31. The van der Waals surface area contributed by atoms with E-state index in [4.69, 9.17) is 18.9 Å². The Morgan fingerprint density at radius 1 is 1.08 bits per heavy atom. The molecular weight excluding hydrogens is 616 g/mol. The zero-order valence-corrected chi connectivity index (χ0v) is 30.3. The van der Waals surface area contributed by atoms with E-state index in [1.54, 1.807) is 58.6 Å². The Morgan fingerprint density at radius 2 is 1.77 bits per heavy atom. The minimum Gasteiger partial charge on any atom is -0.476 e. The number of benzene rings is 1. The van der Waals surface area contributed by atoms with Crippen LogP contribution in [0.2, 0.25) is 0 Å². The van der Waals surface area contributed by atoms with Gasteiger partial charge in [0.15, 0.2) is 5.60 Å². The van der Waals surface area contributed by atoms with Gasteiger partial charge in [0, 0.05) is 52.2 Å². The Hall–Kier alpha value is -3.38. The highest BCUT2D eigenvalue weighted by Gasteiger charge is 2.45. The number of amides is 4. The van der Waals surface area contributed by atoms with Gasteiger partial charge in [-0.25, -0.2) is 4.79 Å². The molecule has 3 aliphatic rings. The number of hydrogen-bond donors (Lipinski definition) is 1. The molecule has 1 N–H and O–H groups in total. The number of nitrogens with one attached hydrogen (secondary N) is 1. The fourth-order valence-electron chi connectivity index (χ4n) is 6.66. The summed E-state index contributed by atoms with van der Waals surface area (Å²) in [5.41, 5.74) is -0.510. The molecule has 12 nitrogen and oxygen atoms in total. The molecule has 4 amide bonds. The summed E-state index contributed by atoms with van der Waals surface area (Å²) < 4.78 is 22.7. The molecule has 4 rings (SSSR count). The van der Waals surface area contributed by atoms with Crippen molar-refractivity contribution in [3.63, 3.8) is 0 Å². The Kier molecular flexibility index (Phi) is 12.0. The van der Waals surface area contributed by atoms with E-state index in [0.29, 0.717) is 43.1 Å². The molecule has 2 fully saturated rings. The highest BCUT2D eigenvalue weighted by Crippen LogP contribution is 2.43. The molecule has 1 aromatic rings. The predicted octanol–water partition coefficient (Wildman–Crippen LogP) is 4.92. The van der Waals surface area contributed by atoms with E-state index >= 15 is 0 Å². The highest BCUT2D eigenvalue weighted by molar-refractivity contribution is 6.04. The summed E-state index contributed by atoms with van der Waals surface area (Å²) in [6.45, 7) is 14.1. The number of hydrogen-bond acceptors (Lipinski definition) is 8. The first-order valence-electron chi connectivity index (χ1n) is 17.4. The van der Waals surface area contributed by atoms with E-state index in [1.807, 2.05) is 32.0 Å². The second-order valence-electron chi connectivity index (χ2n) is 14.7. The first kappa shape index (κ1) is 37.4. The maximum Gasteiger partial charge on any atom is 0.410 e. The number of likely N-dealkylation sites (tertiary alicyclic amines) is 1. The van der Waals surface area contributed by atoms with Crippen LogP contribution in [0.5, 0.6) is 5.75 Å². The molecule has 12 heteroatoms. The molecule has 0 unspecified atom stereocenters. The van der Waals surface area contributed by atoms with Crippen molar-refractivity contribution in [1.82, 2.24) is 10.2 Å². The van der Waals surface area contributed by atoms with Crippen LogP contribution in [0.1, 0.15) is 87.0 Å². The van der Waals surface area contributed by atoms with Crippen LogP contribution in [0, 0.1) is 11.8 Å². The number of rotatable bonds is 13. The lowest BCUT2D eigenvalue weighted by Gasteiger charge is -2.41. The number of fused-ring (bicyclic) bond motifs is 1. The van der Waals surface area contributed by atoms with E-state index in [1.165, 1.54) is 4.90 Å². The van der Waals surface area contributed by atoms with Gasteiger partial charge in [0.05, 0.1) is 29.7 Å². The normalized spacial score (nSPS) is 21.9. The van der Waals surface area contributed by atoms with E-state index in [-0.39, 0.29) is 55.4 Å². The number of carbonyl (C=O) groups is 4. The number of nitrogens with zero attached hydrogens (tertiary/aromatic N) is 3. The third-order valence-electron chi connectivity index (χ3n) is 9.26. The molecule has 2 aliphatic heterocycles. The molecule has 1 saturated heterocycles. The standard InChI is InChI=1S/C36H56N4O8/c1-10-27(29(11-2)46-9)37-31(41)23-19-24(22-38(21-23)34(44)48-35(3,4)5)32(42)40(25-13-14-25)26-15-16-30-28(20-26)39(17-12-18-45-8)33(43)36(6,7)47-30/h15-16,20,23-25,27,29H,10-14,17-19,21-22H2,1-9H3,(H,37,41)/t23-,24+,27-,29-/m0/s1.